The monoisotopic (exact) mass is 301 g/mol. The Morgan fingerprint density at radius 2 is 2.09 bits per heavy atom. The Balaban J connectivity index is 1.69. The van der Waals surface area contributed by atoms with E-state index in [9.17, 15) is 14.9 Å². The summed E-state index contributed by atoms with van der Waals surface area (Å²) in [6, 6.07) is 5.55. The second-order valence-electron chi connectivity index (χ2n) is 5.26. The molecule has 1 heterocycles. The molecule has 0 amide bonds. The van der Waals surface area contributed by atoms with Gasteiger partial charge in [-0.05, 0) is 31.4 Å². The molecule has 1 saturated carbocycles. The molecule has 2 atom stereocenters. The quantitative estimate of drug-likeness (QED) is 0.492. The van der Waals surface area contributed by atoms with Crippen molar-refractivity contribution in [1.82, 2.24) is 9.55 Å². The molecule has 0 bridgehead atoms. The Hall–Kier alpha value is -2.70. The number of carbonyl (C=O) groups is 1. The highest BCUT2D eigenvalue weighted by molar-refractivity contribution is 5.89. The summed E-state index contributed by atoms with van der Waals surface area (Å²) in [6.07, 6.45) is 7.83. The van der Waals surface area contributed by atoms with E-state index in [4.69, 9.17) is 4.74 Å². The van der Waals surface area contributed by atoms with Gasteiger partial charge < -0.3 is 9.30 Å². The molecule has 1 aromatic carbocycles. The first-order chi connectivity index (χ1) is 10.6. The molecular formula is C15H15N3O4. The van der Waals surface area contributed by atoms with Crippen LogP contribution in [-0.4, -0.2) is 26.5 Å². The number of benzene rings is 1. The number of esters is 1. The van der Waals surface area contributed by atoms with E-state index in [1.54, 1.807) is 12.5 Å². The molecule has 7 nitrogen and oxygen atoms in total. The SMILES string of the molecule is O=C(O[C@@H]1CCC[C@@H]1n1ccnc1)c1ccc([N+](=O)[O-])cc1. The average molecular weight is 301 g/mol. The maximum Gasteiger partial charge on any atom is 0.338 e. The summed E-state index contributed by atoms with van der Waals surface area (Å²) in [4.78, 5) is 26.3. The van der Waals surface area contributed by atoms with E-state index < -0.39 is 10.9 Å². The minimum Gasteiger partial charge on any atom is -0.457 e. The highest BCUT2D eigenvalue weighted by Gasteiger charge is 2.31. The molecule has 0 aliphatic heterocycles. The standard InChI is InChI=1S/C15H15N3O4/c19-15(11-4-6-12(7-5-11)18(20)21)22-14-3-1-2-13(14)17-9-8-16-10-17/h4-10,13-14H,1-3H2/t13-,14+/m0/s1. The lowest BCUT2D eigenvalue weighted by Gasteiger charge is -2.21. The van der Waals surface area contributed by atoms with E-state index in [0.29, 0.717) is 5.56 Å². The van der Waals surface area contributed by atoms with E-state index in [-0.39, 0.29) is 17.8 Å². The third kappa shape index (κ3) is 2.83. The van der Waals surface area contributed by atoms with Crippen molar-refractivity contribution in [2.45, 2.75) is 31.4 Å². The molecule has 0 saturated heterocycles. The van der Waals surface area contributed by atoms with E-state index in [1.807, 2.05) is 10.8 Å². The molecule has 3 rings (SSSR count). The van der Waals surface area contributed by atoms with E-state index in [0.717, 1.165) is 19.3 Å². The van der Waals surface area contributed by atoms with Crippen LogP contribution in [0.1, 0.15) is 35.7 Å². The topological polar surface area (TPSA) is 87.3 Å². The van der Waals surface area contributed by atoms with Crippen LogP contribution < -0.4 is 0 Å². The van der Waals surface area contributed by atoms with E-state index >= 15 is 0 Å². The lowest BCUT2D eigenvalue weighted by molar-refractivity contribution is -0.384. The van der Waals surface area contributed by atoms with Gasteiger partial charge in [-0.1, -0.05) is 0 Å². The summed E-state index contributed by atoms with van der Waals surface area (Å²) >= 11 is 0. The van der Waals surface area contributed by atoms with E-state index in [2.05, 4.69) is 4.98 Å². The van der Waals surface area contributed by atoms with Crippen LogP contribution in [-0.2, 0) is 4.74 Å². The zero-order valence-electron chi connectivity index (χ0n) is 11.8. The second-order valence-corrected chi connectivity index (χ2v) is 5.26. The summed E-state index contributed by atoms with van der Waals surface area (Å²) in [5.41, 5.74) is 0.274. The Morgan fingerprint density at radius 1 is 1.32 bits per heavy atom. The van der Waals surface area contributed by atoms with Crippen molar-refractivity contribution >= 4 is 11.7 Å². The van der Waals surface area contributed by atoms with Crippen molar-refractivity contribution in [1.29, 1.82) is 0 Å². The Labute approximate surface area is 126 Å². The molecule has 22 heavy (non-hydrogen) atoms. The molecule has 114 valence electrons. The van der Waals surface area contributed by atoms with Gasteiger partial charge in [-0.15, -0.1) is 0 Å². The number of nitrogens with zero attached hydrogens (tertiary/aromatic N) is 3. The summed E-state index contributed by atoms with van der Waals surface area (Å²) in [7, 11) is 0. The number of nitro benzene ring substituents is 1. The molecule has 0 spiro atoms. The van der Waals surface area contributed by atoms with Gasteiger partial charge in [-0.25, -0.2) is 9.78 Å². The maximum absolute atomic E-state index is 12.2. The first-order valence-electron chi connectivity index (χ1n) is 7.08. The fourth-order valence-electron chi connectivity index (χ4n) is 2.78. The van der Waals surface area contributed by atoms with Crippen LogP contribution in [0.2, 0.25) is 0 Å². The normalized spacial score (nSPS) is 20.7. The smallest absolute Gasteiger partial charge is 0.338 e. The first kappa shape index (κ1) is 14.2. The van der Waals surface area contributed by atoms with Gasteiger partial charge in [0.05, 0.1) is 22.9 Å². The number of hydrogen-bond acceptors (Lipinski definition) is 5. The third-order valence-corrected chi connectivity index (χ3v) is 3.90. The van der Waals surface area contributed by atoms with Gasteiger partial charge >= 0.3 is 5.97 Å². The molecule has 0 N–H and O–H groups in total. The molecular weight excluding hydrogens is 286 g/mol. The van der Waals surface area contributed by atoms with Crippen molar-refractivity contribution < 1.29 is 14.5 Å². The number of imidazole rings is 1. The lowest BCUT2D eigenvalue weighted by Crippen LogP contribution is -2.24. The Morgan fingerprint density at radius 3 is 2.73 bits per heavy atom. The van der Waals surface area contributed by atoms with Gasteiger partial charge in [0.25, 0.3) is 5.69 Å². The highest BCUT2D eigenvalue weighted by Crippen LogP contribution is 2.32. The number of nitro groups is 1. The number of rotatable bonds is 4. The predicted octanol–water partition coefficient (Wildman–Crippen LogP) is 2.74. The third-order valence-electron chi connectivity index (χ3n) is 3.90. The second kappa shape index (κ2) is 5.97. The summed E-state index contributed by atoms with van der Waals surface area (Å²) in [5, 5.41) is 10.6. The van der Waals surface area contributed by atoms with Crippen molar-refractivity contribution in [3.05, 3.63) is 58.7 Å². The molecule has 7 heteroatoms. The Bertz CT molecular complexity index is 667. The largest absolute Gasteiger partial charge is 0.457 e. The zero-order chi connectivity index (χ0) is 15.5. The van der Waals surface area contributed by atoms with Crippen LogP contribution in [0.25, 0.3) is 0 Å². The van der Waals surface area contributed by atoms with Gasteiger partial charge in [-0.3, -0.25) is 10.1 Å². The molecule has 2 aromatic rings. The lowest BCUT2D eigenvalue weighted by atomic mass is 10.2. The number of non-ortho nitro benzene ring substituents is 1. The zero-order valence-corrected chi connectivity index (χ0v) is 11.8. The molecule has 0 radical (unpaired) electrons. The van der Waals surface area contributed by atoms with Crippen molar-refractivity contribution in [2.75, 3.05) is 0 Å². The van der Waals surface area contributed by atoms with Crippen molar-refractivity contribution in [2.24, 2.45) is 0 Å². The molecule has 1 aromatic heterocycles. The number of ether oxygens (including phenoxy) is 1. The minimum atomic E-state index is -0.499. The average Bonchev–Trinajstić information content (AvgIpc) is 3.18. The summed E-state index contributed by atoms with van der Waals surface area (Å²) in [5.74, 6) is -0.452. The van der Waals surface area contributed by atoms with Gasteiger partial charge in [0.2, 0.25) is 0 Å². The highest BCUT2D eigenvalue weighted by atomic mass is 16.6. The Kier molecular flexibility index (Phi) is 3.86. The minimum absolute atomic E-state index is 0.0475. The van der Waals surface area contributed by atoms with Gasteiger partial charge in [0, 0.05) is 24.5 Å². The van der Waals surface area contributed by atoms with Gasteiger partial charge in [-0.2, -0.15) is 0 Å². The summed E-state index contributed by atoms with van der Waals surface area (Å²) < 4.78 is 7.54. The van der Waals surface area contributed by atoms with E-state index in [1.165, 1.54) is 24.3 Å². The number of carbonyl (C=O) groups excluding carboxylic acids is 1. The predicted molar refractivity (Wildman–Crippen MR) is 77.4 cm³/mol. The van der Waals surface area contributed by atoms with Crippen molar-refractivity contribution in [3.63, 3.8) is 0 Å². The van der Waals surface area contributed by atoms with Crippen LogP contribution in [0, 0.1) is 10.1 Å². The number of hydrogen-bond donors (Lipinski definition) is 0. The molecule has 0 unspecified atom stereocenters. The van der Waals surface area contributed by atoms with Crippen molar-refractivity contribution in [3.8, 4) is 0 Å². The molecule has 1 aliphatic rings. The van der Waals surface area contributed by atoms with Crippen LogP contribution in [0.15, 0.2) is 43.0 Å². The first-order valence-corrected chi connectivity index (χ1v) is 7.08. The molecule has 1 fully saturated rings. The van der Waals surface area contributed by atoms with Gasteiger partial charge in [0.15, 0.2) is 0 Å². The van der Waals surface area contributed by atoms with Crippen LogP contribution in [0.4, 0.5) is 5.69 Å². The fraction of sp³-hybridized carbons (Fsp3) is 0.333. The van der Waals surface area contributed by atoms with Crippen LogP contribution >= 0.6 is 0 Å². The van der Waals surface area contributed by atoms with Gasteiger partial charge in [0.1, 0.15) is 6.10 Å². The van der Waals surface area contributed by atoms with Crippen LogP contribution in [0.5, 0.6) is 0 Å². The van der Waals surface area contributed by atoms with Crippen LogP contribution in [0.3, 0.4) is 0 Å². The number of aromatic nitrogens is 2. The maximum atomic E-state index is 12.2. The fourth-order valence-corrected chi connectivity index (χ4v) is 2.78. The molecule has 1 aliphatic carbocycles. The summed E-state index contributed by atoms with van der Waals surface area (Å²) in [6.45, 7) is 0.